The van der Waals surface area contributed by atoms with Crippen molar-refractivity contribution in [3.8, 4) is 5.75 Å². The number of hydrogen-bond acceptors (Lipinski definition) is 5. The van der Waals surface area contributed by atoms with E-state index < -0.39 is 24.3 Å². The molecule has 0 saturated heterocycles. The molecule has 1 N–H and O–H groups in total. The lowest BCUT2D eigenvalue weighted by Gasteiger charge is -2.08. The van der Waals surface area contributed by atoms with Gasteiger partial charge in [0.1, 0.15) is 0 Å². The highest BCUT2D eigenvalue weighted by Gasteiger charge is 2.14. The summed E-state index contributed by atoms with van der Waals surface area (Å²) in [5.41, 5.74) is 2.50. The highest BCUT2D eigenvalue weighted by Crippen LogP contribution is 2.19. The van der Waals surface area contributed by atoms with Crippen LogP contribution in [0, 0.1) is 19.7 Å². The number of halogens is 1. The number of esters is 1. The number of methoxy groups -OCH3 is 1. The summed E-state index contributed by atoms with van der Waals surface area (Å²) in [5.74, 6) is -1.56. The molecule has 0 spiro atoms. The van der Waals surface area contributed by atoms with Gasteiger partial charge in [-0.3, -0.25) is 14.3 Å². The molecular formula is C17H20FN3O4. The van der Waals surface area contributed by atoms with E-state index in [1.165, 1.54) is 19.2 Å². The van der Waals surface area contributed by atoms with E-state index in [4.69, 9.17) is 9.47 Å². The van der Waals surface area contributed by atoms with Crippen molar-refractivity contribution < 1.29 is 23.5 Å². The van der Waals surface area contributed by atoms with Crippen molar-refractivity contribution in [3.63, 3.8) is 0 Å². The molecule has 0 radical (unpaired) electrons. The molecular weight excluding hydrogens is 329 g/mol. The molecule has 1 heterocycles. The number of nitrogens with zero attached hydrogens (tertiary/aromatic N) is 2. The number of benzene rings is 1. The van der Waals surface area contributed by atoms with Crippen molar-refractivity contribution in [2.45, 2.75) is 20.3 Å². The number of aryl methyl sites for hydroxylation is 2. The van der Waals surface area contributed by atoms with Crippen molar-refractivity contribution in [2.24, 2.45) is 7.05 Å². The van der Waals surface area contributed by atoms with Crippen LogP contribution in [0.1, 0.15) is 17.0 Å². The van der Waals surface area contributed by atoms with Crippen molar-refractivity contribution in [1.82, 2.24) is 9.78 Å². The number of hydrogen-bond donors (Lipinski definition) is 1. The van der Waals surface area contributed by atoms with Crippen LogP contribution in [-0.2, 0) is 27.8 Å². The first-order chi connectivity index (χ1) is 11.8. The van der Waals surface area contributed by atoms with Gasteiger partial charge in [0.15, 0.2) is 18.2 Å². The summed E-state index contributed by atoms with van der Waals surface area (Å²) in [7, 11) is 3.13. The lowest BCUT2D eigenvalue weighted by Crippen LogP contribution is -2.22. The molecule has 134 valence electrons. The second-order valence-corrected chi connectivity index (χ2v) is 5.52. The topological polar surface area (TPSA) is 82.4 Å². The van der Waals surface area contributed by atoms with Gasteiger partial charge < -0.3 is 14.8 Å². The zero-order chi connectivity index (χ0) is 18.6. The molecule has 8 heteroatoms. The normalized spacial score (nSPS) is 10.4. The maximum atomic E-state index is 13.6. The Bertz CT molecular complexity index is 801. The summed E-state index contributed by atoms with van der Waals surface area (Å²) in [6.45, 7) is 3.16. The molecule has 0 unspecified atom stereocenters. The average Bonchev–Trinajstić information content (AvgIpc) is 2.79. The fraction of sp³-hybridized carbons (Fsp3) is 0.353. The Labute approximate surface area is 144 Å². The first kappa shape index (κ1) is 18.4. The Morgan fingerprint density at radius 3 is 2.60 bits per heavy atom. The fourth-order valence-corrected chi connectivity index (χ4v) is 2.31. The van der Waals surface area contributed by atoms with Gasteiger partial charge in [0.2, 0.25) is 0 Å². The third kappa shape index (κ3) is 4.56. The quantitative estimate of drug-likeness (QED) is 0.806. The number of ether oxygens (including phenoxy) is 2. The number of anilines is 1. The fourth-order valence-electron chi connectivity index (χ4n) is 2.31. The minimum absolute atomic E-state index is 0.0960. The maximum absolute atomic E-state index is 13.6. The van der Waals surface area contributed by atoms with E-state index in [-0.39, 0.29) is 12.2 Å². The molecule has 0 bridgehead atoms. The number of rotatable bonds is 6. The summed E-state index contributed by atoms with van der Waals surface area (Å²) in [4.78, 5) is 23.7. The number of carbonyl (C=O) groups excluding carboxylic acids is 2. The molecule has 0 aliphatic heterocycles. The van der Waals surface area contributed by atoms with Gasteiger partial charge in [0, 0.05) is 7.05 Å². The predicted octanol–water partition coefficient (Wildman–Crippen LogP) is 1.91. The van der Waals surface area contributed by atoms with Crippen molar-refractivity contribution >= 4 is 17.6 Å². The molecule has 2 aromatic rings. The first-order valence-electron chi connectivity index (χ1n) is 7.60. The van der Waals surface area contributed by atoms with Crippen LogP contribution in [0.3, 0.4) is 0 Å². The largest absolute Gasteiger partial charge is 0.494 e. The zero-order valence-corrected chi connectivity index (χ0v) is 14.6. The predicted molar refractivity (Wildman–Crippen MR) is 88.9 cm³/mol. The van der Waals surface area contributed by atoms with Crippen LogP contribution in [0.2, 0.25) is 0 Å². The van der Waals surface area contributed by atoms with Crippen LogP contribution in [0.15, 0.2) is 18.2 Å². The van der Waals surface area contributed by atoms with E-state index in [1.807, 2.05) is 6.92 Å². The van der Waals surface area contributed by atoms with Crippen LogP contribution in [0.5, 0.6) is 5.75 Å². The van der Waals surface area contributed by atoms with Crippen LogP contribution >= 0.6 is 0 Å². The Hall–Kier alpha value is -2.90. The molecule has 2 rings (SSSR count). The molecule has 0 atom stereocenters. The summed E-state index contributed by atoms with van der Waals surface area (Å²) < 4.78 is 25.0. The minimum atomic E-state index is -0.626. The third-order valence-electron chi connectivity index (χ3n) is 3.70. The molecule has 0 fully saturated rings. The minimum Gasteiger partial charge on any atom is -0.494 e. The number of aromatic nitrogens is 2. The molecule has 0 aliphatic rings. The Balaban J connectivity index is 1.87. The zero-order valence-electron chi connectivity index (χ0n) is 14.6. The molecule has 1 aromatic heterocycles. The summed E-state index contributed by atoms with van der Waals surface area (Å²) >= 11 is 0. The average molecular weight is 349 g/mol. The van der Waals surface area contributed by atoms with E-state index in [2.05, 4.69) is 10.4 Å². The monoisotopic (exact) mass is 349 g/mol. The van der Waals surface area contributed by atoms with E-state index in [0.29, 0.717) is 16.9 Å². The van der Waals surface area contributed by atoms with Crippen molar-refractivity contribution in [1.29, 1.82) is 0 Å². The molecule has 25 heavy (non-hydrogen) atoms. The van der Waals surface area contributed by atoms with Gasteiger partial charge in [-0.2, -0.15) is 5.10 Å². The summed E-state index contributed by atoms with van der Waals surface area (Å²) in [6.07, 6.45) is -0.140. The van der Waals surface area contributed by atoms with Gasteiger partial charge in [-0.05, 0) is 31.5 Å². The SMILES string of the molecule is COc1ccc(CC(=O)OCC(=O)Nc2c(C)nn(C)c2C)cc1F. The van der Waals surface area contributed by atoms with E-state index in [1.54, 1.807) is 24.7 Å². The highest BCUT2D eigenvalue weighted by atomic mass is 19.1. The van der Waals surface area contributed by atoms with Crippen LogP contribution in [0.25, 0.3) is 0 Å². The second-order valence-electron chi connectivity index (χ2n) is 5.52. The summed E-state index contributed by atoms with van der Waals surface area (Å²) in [5, 5.41) is 6.85. The molecule has 0 aliphatic carbocycles. The Morgan fingerprint density at radius 2 is 2.04 bits per heavy atom. The highest BCUT2D eigenvalue weighted by molar-refractivity contribution is 5.93. The van der Waals surface area contributed by atoms with Crippen LogP contribution in [-0.4, -0.2) is 35.4 Å². The van der Waals surface area contributed by atoms with Gasteiger partial charge in [-0.1, -0.05) is 6.07 Å². The number of nitrogens with one attached hydrogen (secondary N) is 1. The smallest absolute Gasteiger partial charge is 0.310 e. The number of carbonyl (C=O) groups is 2. The van der Waals surface area contributed by atoms with Gasteiger partial charge >= 0.3 is 5.97 Å². The molecule has 1 amide bonds. The van der Waals surface area contributed by atoms with Gasteiger partial charge in [-0.15, -0.1) is 0 Å². The third-order valence-corrected chi connectivity index (χ3v) is 3.70. The maximum Gasteiger partial charge on any atom is 0.310 e. The van der Waals surface area contributed by atoms with E-state index in [9.17, 15) is 14.0 Å². The lowest BCUT2D eigenvalue weighted by molar-refractivity contribution is -0.146. The first-order valence-corrected chi connectivity index (χ1v) is 7.60. The Kier molecular flexibility index (Phi) is 5.74. The molecule has 0 saturated carbocycles. The van der Waals surface area contributed by atoms with Gasteiger partial charge in [0.05, 0.1) is 30.6 Å². The number of amides is 1. The standard InChI is InChI=1S/C17H20FN3O4/c1-10-17(11(2)21(3)20-10)19-15(22)9-25-16(23)8-12-5-6-14(24-4)13(18)7-12/h5-7H,8-9H2,1-4H3,(H,19,22). The van der Waals surface area contributed by atoms with E-state index >= 15 is 0 Å². The Morgan fingerprint density at radius 1 is 1.32 bits per heavy atom. The van der Waals surface area contributed by atoms with Crippen molar-refractivity contribution in [2.75, 3.05) is 19.0 Å². The summed E-state index contributed by atoms with van der Waals surface area (Å²) in [6, 6.07) is 4.19. The second kappa shape index (κ2) is 7.78. The van der Waals surface area contributed by atoms with Gasteiger partial charge in [0.25, 0.3) is 5.91 Å². The molecule has 1 aromatic carbocycles. The van der Waals surface area contributed by atoms with Crippen LogP contribution < -0.4 is 10.1 Å². The van der Waals surface area contributed by atoms with E-state index in [0.717, 1.165) is 5.69 Å². The molecule has 7 nitrogen and oxygen atoms in total. The van der Waals surface area contributed by atoms with Gasteiger partial charge in [-0.25, -0.2) is 4.39 Å². The van der Waals surface area contributed by atoms with Crippen molar-refractivity contribution in [3.05, 3.63) is 41.0 Å². The van der Waals surface area contributed by atoms with Crippen LogP contribution in [0.4, 0.5) is 10.1 Å². The lowest BCUT2D eigenvalue weighted by atomic mass is 10.1.